The molecule has 3 aromatic rings. The molecule has 1 heterocycles. The molecule has 0 saturated carbocycles. The molecule has 1 saturated heterocycles. The zero-order valence-corrected chi connectivity index (χ0v) is 21.2. The van der Waals surface area contributed by atoms with Crippen LogP contribution in [-0.2, 0) is 11.3 Å². The van der Waals surface area contributed by atoms with Crippen LogP contribution in [0.3, 0.4) is 0 Å². The summed E-state index contributed by atoms with van der Waals surface area (Å²) in [5, 5.41) is 0.271. The predicted molar refractivity (Wildman–Crippen MR) is 139 cm³/mol. The number of esters is 1. The number of benzene rings is 3. The number of imide groups is 1. The van der Waals surface area contributed by atoms with Crippen molar-refractivity contribution in [3.05, 3.63) is 102 Å². The van der Waals surface area contributed by atoms with Crippen molar-refractivity contribution in [2.45, 2.75) is 6.54 Å². The highest BCUT2D eigenvalue weighted by atomic mass is 127. The molecule has 4 rings (SSSR count). The lowest BCUT2D eigenvalue weighted by Gasteiger charge is -2.12. The molecule has 0 spiro atoms. The number of hydrogen-bond donors (Lipinski definition) is 0. The fourth-order valence-corrected chi connectivity index (χ4v) is 4.64. The first-order valence-corrected chi connectivity index (χ1v) is 12.2. The molecule has 9 heteroatoms. The van der Waals surface area contributed by atoms with Crippen LogP contribution in [0.25, 0.3) is 6.08 Å². The van der Waals surface area contributed by atoms with E-state index in [1.807, 2.05) is 24.3 Å². The number of nitrogens with zero attached hydrogens (tertiary/aromatic N) is 1. The molecule has 1 fully saturated rings. The highest BCUT2D eigenvalue weighted by Gasteiger charge is 2.35. The van der Waals surface area contributed by atoms with E-state index in [1.165, 1.54) is 17.0 Å². The Morgan fingerprint density at radius 1 is 1.03 bits per heavy atom. The van der Waals surface area contributed by atoms with Gasteiger partial charge >= 0.3 is 5.97 Å². The van der Waals surface area contributed by atoms with Crippen molar-refractivity contribution >= 4 is 80.7 Å². The summed E-state index contributed by atoms with van der Waals surface area (Å²) in [5.41, 5.74) is 1.44. The molecule has 2 amide bonds. The Kier molecular flexibility index (Phi) is 7.43. The van der Waals surface area contributed by atoms with Gasteiger partial charge in [0.2, 0.25) is 0 Å². The van der Waals surface area contributed by atoms with Crippen LogP contribution in [0, 0.1) is 3.57 Å². The summed E-state index contributed by atoms with van der Waals surface area (Å²) >= 11 is 15.2. The van der Waals surface area contributed by atoms with Crippen molar-refractivity contribution in [1.82, 2.24) is 4.90 Å². The Balaban J connectivity index is 1.59. The summed E-state index contributed by atoms with van der Waals surface area (Å²) in [7, 11) is 0. The average Bonchev–Trinajstić information content (AvgIpc) is 3.04. The topological polar surface area (TPSA) is 63.7 Å². The Morgan fingerprint density at radius 2 is 1.76 bits per heavy atom. The fraction of sp³-hybridized carbons (Fsp3) is 0.0417. The average molecular weight is 610 g/mol. The number of ether oxygens (including phenoxy) is 1. The number of halogens is 3. The normalized spacial score (nSPS) is 14.8. The summed E-state index contributed by atoms with van der Waals surface area (Å²) in [6.07, 6.45) is 1.50. The molecule has 0 aliphatic carbocycles. The van der Waals surface area contributed by atoms with Gasteiger partial charge in [-0.1, -0.05) is 47.5 Å². The zero-order chi connectivity index (χ0) is 23.5. The molecular weight excluding hydrogens is 596 g/mol. The Labute approximate surface area is 217 Å². The maximum absolute atomic E-state index is 12.9. The number of amides is 2. The third kappa shape index (κ3) is 5.60. The van der Waals surface area contributed by atoms with Crippen LogP contribution in [0.2, 0.25) is 10.0 Å². The van der Waals surface area contributed by atoms with E-state index in [-0.39, 0.29) is 33.0 Å². The smallest absolute Gasteiger partial charge is 0.345 e. The predicted octanol–water partition coefficient (Wildman–Crippen LogP) is 7.05. The van der Waals surface area contributed by atoms with E-state index in [1.54, 1.807) is 36.4 Å². The summed E-state index contributed by atoms with van der Waals surface area (Å²) in [6.45, 7) is 0.169. The van der Waals surface area contributed by atoms with E-state index in [0.29, 0.717) is 10.6 Å². The Morgan fingerprint density at radius 3 is 2.48 bits per heavy atom. The van der Waals surface area contributed by atoms with Gasteiger partial charge in [-0.25, -0.2) is 4.79 Å². The van der Waals surface area contributed by atoms with Crippen molar-refractivity contribution in [3.8, 4) is 5.75 Å². The van der Waals surface area contributed by atoms with Crippen molar-refractivity contribution in [1.29, 1.82) is 0 Å². The van der Waals surface area contributed by atoms with E-state index in [2.05, 4.69) is 22.6 Å². The number of hydrogen-bond acceptors (Lipinski definition) is 5. The molecule has 1 aliphatic heterocycles. The molecule has 0 aromatic heterocycles. The van der Waals surface area contributed by atoms with Gasteiger partial charge in [0.05, 0.1) is 22.0 Å². The molecule has 3 aromatic carbocycles. The molecule has 0 bridgehead atoms. The minimum atomic E-state index is -0.649. The van der Waals surface area contributed by atoms with Gasteiger partial charge in [-0.3, -0.25) is 14.5 Å². The standard InChI is InChI=1S/C24H14Cl2INO4S/c25-16-7-10-20(32-23(30)18-3-1-2-4-19(18)26)15(11-16)12-21-22(29)28(24(31)33-21)13-14-5-8-17(27)9-6-14/h1-12H,13H2/b21-12-. The van der Waals surface area contributed by atoms with Gasteiger partial charge in [0.1, 0.15) is 5.75 Å². The Hall–Kier alpha value is -2.33. The van der Waals surface area contributed by atoms with Crippen molar-refractivity contribution in [2.24, 2.45) is 0 Å². The highest BCUT2D eigenvalue weighted by molar-refractivity contribution is 14.1. The lowest BCUT2D eigenvalue weighted by atomic mass is 10.1. The maximum atomic E-state index is 12.9. The first kappa shape index (κ1) is 23.8. The van der Waals surface area contributed by atoms with Gasteiger partial charge in [-0.05, 0) is 88.5 Å². The second kappa shape index (κ2) is 10.3. The van der Waals surface area contributed by atoms with Gasteiger partial charge in [-0.15, -0.1) is 0 Å². The van der Waals surface area contributed by atoms with Gasteiger partial charge in [-0.2, -0.15) is 0 Å². The molecule has 0 N–H and O–H groups in total. The third-order valence-corrected chi connectivity index (χ3v) is 6.87. The largest absolute Gasteiger partial charge is 0.422 e. The Bertz CT molecular complexity index is 1290. The highest BCUT2D eigenvalue weighted by Crippen LogP contribution is 2.36. The van der Waals surface area contributed by atoms with E-state index >= 15 is 0 Å². The quantitative estimate of drug-likeness (QED) is 0.134. The summed E-state index contributed by atoms with van der Waals surface area (Å²) < 4.78 is 6.59. The van der Waals surface area contributed by atoms with Crippen LogP contribution in [0.15, 0.2) is 71.6 Å². The first-order chi connectivity index (χ1) is 15.8. The number of carbonyl (C=O) groups excluding carboxylic acids is 3. The van der Waals surface area contributed by atoms with Crippen LogP contribution >= 0.6 is 57.6 Å². The van der Waals surface area contributed by atoms with E-state index in [4.69, 9.17) is 27.9 Å². The van der Waals surface area contributed by atoms with Crippen LogP contribution in [0.1, 0.15) is 21.5 Å². The van der Waals surface area contributed by atoms with Gasteiger partial charge in [0, 0.05) is 14.2 Å². The number of carbonyl (C=O) groups is 3. The van der Waals surface area contributed by atoms with E-state index < -0.39 is 11.9 Å². The van der Waals surface area contributed by atoms with Gasteiger partial charge < -0.3 is 4.74 Å². The lowest BCUT2D eigenvalue weighted by Crippen LogP contribution is -2.27. The van der Waals surface area contributed by atoms with E-state index in [9.17, 15) is 14.4 Å². The third-order valence-electron chi connectivity index (χ3n) is 4.68. The molecule has 5 nitrogen and oxygen atoms in total. The maximum Gasteiger partial charge on any atom is 0.345 e. The summed E-state index contributed by atoms with van der Waals surface area (Å²) in [5.74, 6) is -0.884. The molecular formula is C24H14Cl2INO4S. The second-order valence-electron chi connectivity index (χ2n) is 6.95. The summed E-state index contributed by atoms with van der Waals surface area (Å²) in [6, 6.07) is 18.7. The van der Waals surface area contributed by atoms with Gasteiger partial charge in [0.15, 0.2) is 0 Å². The van der Waals surface area contributed by atoms with Crippen molar-refractivity contribution in [3.63, 3.8) is 0 Å². The second-order valence-corrected chi connectivity index (χ2v) is 10.0. The number of rotatable bonds is 5. The molecule has 0 atom stereocenters. The molecule has 33 heavy (non-hydrogen) atoms. The fourth-order valence-electron chi connectivity index (χ4n) is 3.06. The van der Waals surface area contributed by atoms with E-state index in [0.717, 1.165) is 20.9 Å². The minimum Gasteiger partial charge on any atom is -0.422 e. The van der Waals surface area contributed by atoms with Crippen LogP contribution < -0.4 is 4.74 Å². The van der Waals surface area contributed by atoms with Crippen LogP contribution in [0.5, 0.6) is 5.75 Å². The van der Waals surface area contributed by atoms with Crippen LogP contribution in [-0.4, -0.2) is 22.0 Å². The number of thioether (sulfide) groups is 1. The molecule has 1 aliphatic rings. The monoisotopic (exact) mass is 609 g/mol. The lowest BCUT2D eigenvalue weighted by molar-refractivity contribution is -0.123. The molecule has 0 radical (unpaired) electrons. The molecule has 0 unspecified atom stereocenters. The zero-order valence-electron chi connectivity index (χ0n) is 16.8. The minimum absolute atomic E-state index is 0.169. The SMILES string of the molecule is O=C(Oc1ccc(Cl)cc1/C=C1\SC(=O)N(Cc2ccc(I)cc2)C1=O)c1ccccc1Cl. The first-order valence-electron chi connectivity index (χ1n) is 9.58. The summed E-state index contributed by atoms with van der Waals surface area (Å²) in [4.78, 5) is 39.4. The van der Waals surface area contributed by atoms with Crippen molar-refractivity contribution < 1.29 is 19.1 Å². The van der Waals surface area contributed by atoms with Crippen LogP contribution in [0.4, 0.5) is 4.79 Å². The van der Waals surface area contributed by atoms with Crippen molar-refractivity contribution in [2.75, 3.05) is 0 Å². The molecule has 166 valence electrons. The van der Waals surface area contributed by atoms with Gasteiger partial charge in [0.25, 0.3) is 11.1 Å².